The molecule has 1 heterocycles. The van der Waals surface area contributed by atoms with E-state index in [1.807, 2.05) is 0 Å². The van der Waals surface area contributed by atoms with Crippen LogP contribution in [-0.4, -0.2) is 23.1 Å². The highest BCUT2D eigenvalue weighted by molar-refractivity contribution is 6.33. The first-order valence-electron chi connectivity index (χ1n) is 6.90. The van der Waals surface area contributed by atoms with Gasteiger partial charge in [-0.1, -0.05) is 16.8 Å². The maximum Gasteiger partial charge on any atom is 0.416 e. The lowest BCUT2D eigenvalue weighted by Gasteiger charge is -2.15. The summed E-state index contributed by atoms with van der Waals surface area (Å²) < 4.78 is 47.7. The lowest BCUT2D eigenvalue weighted by molar-refractivity contribution is -0.137. The molecule has 1 amide bonds. The molecule has 0 fully saturated rings. The van der Waals surface area contributed by atoms with E-state index in [9.17, 15) is 22.8 Å². The predicted octanol–water partition coefficient (Wildman–Crippen LogP) is 3.84. The van der Waals surface area contributed by atoms with Crippen molar-refractivity contribution in [1.82, 2.24) is 5.16 Å². The topological polar surface area (TPSA) is 81.4 Å². The zero-order valence-electron chi connectivity index (χ0n) is 13.0. The van der Waals surface area contributed by atoms with Crippen LogP contribution in [0.5, 0.6) is 0 Å². The van der Waals surface area contributed by atoms with Crippen molar-refractivity contribution >= 4 is 29.2 Å². The van der Waals surface area contributed by atoms with Gasteiger partial charge in [0.05, 0.1) is 22.0 Å². The van der Waals surface area contributed by atoms with Gasteiger partial charge in [-0.2, -0.15) is 13.2 Å². The molecule has 0 bridgehead atoms. The Morgan fingerprint density at radius 1 is 1.32 bits per heavy atom. The van der Waals surface area contributed by atoms with Gasteiger partial charge in [-0.15, -0.1) is 0 Å². The van der Waals surface area contributed by atoms with Gasteiger partial charge < -0.3 is 14.6 Å². The molecule has 0 saturated heterocycles. The van der Waals surface area contributed by atoms with E-state index in [0.717, 1.165) is 12.1 Å². The van der Waals surface area contributed by atoms with Gasteiger partial charge in [-0.25, -0.2) is 4.79 Å². The number of amides is 1. The summed E-state index contributed by atoms with van der Waals surface area (Å²) in [5, 5.41) is 5.60. The quantitative estimate of drug-likeness (QED) is 0.820. The summed E-state index contributed by atoms with van der Waals surface area (Å²) in [6.07, 6.45) is -5.89. The second kappa shape index (κ2) is 7.14. The van der Waals surface area contributed by atoms with Gasteiger partial charge in [0, 0.05) is 6.07 Å². The second-order valence-corrected chi connectivity index (χ2v) is 5.47. The number of alkyl halides is 3. The third-order valence-corrected chi connectivity index (χ3v) is 3.36. The second-order valence-electron chi connectivity index (χ2n) is 5.06. The molecule has 2 aromatic rings. The van der Waals surface area contributed by atoms with E-state index < -0.39 is 29.7 Å². The van der Waals surface area contributed by atoms with Crippen molar-refractivity contribution in [2.75, 3.05) is 5.32 Å². The lowest BCUT2D eigenvalue weighted by atomic mass is 10.2. The van der Waals surface area contributed by atoms with Gasteiger partial charge in [0.1, 0.15) is 0 Å². The summed E-state index contributed by atoms with van der Waals surface area (Å²) in [6.45, 7) is 2.84. The van der Waals surface area contributed by atoms with Gasteiger partial charge in [0.25, 0.3) is 5.91 Å². The number of nitrogens with zero attached hydrogens (tertiary/aromatic N) is 1. The molecule has 2 rings (SSSR count). The number of anilines is 1. The largest absolute Gasteiger partial charge is 0.447 e. The van der Waals surface area contributed by atoms with Crippen LogP contribution in [0.1, 0.15) is 28.7 Å². The smallest absolute Gasteiger partial charge is 0.416 e. The Morgan fingerprint density at radius 2 is 2.00 bits per heavy atom. The summed E-state index contributed by atoms with van der Waals surface area (Å²) in [6, 6.07) is 3.80. The van der Waals surface area contributed by atoms with E-state index in [2.05, 4.69) is 10.5 Å². The number of hydrogen-bond donors (Lipinski definition) is 1. The highest BCUT2D eigenvalue weighted by Gasteiger charge is 2.31. The molecule has 1 N–H and O–H groups in total. The minimum Gasteiger partial charge on any atom is -0.447 e. The first-order chi connectivity index (χ1) is 11.6. The van der Waals surface area contributed by atoms with Crippen LogP contribution in [0.2, 0.25) is 5.02 Å². The van der Waals surface area contributed by atoms with Gasteiger partial charge in [0.15, 0.2) is 6.10 Å². The summed E-state index contributed by atoms with van der Waals surface area (Å²) in [5.74, 6) is -1.99. The third-order valence-electron chi connectivity index (χ3n) is 3.03. The van der Waals surface area contributed by atoms with Crippen LogP contribution in [0.15, 0.2) is 28.8 Å². The number of carbonyl (C=O) groups is 2. The number of ether oxygens (including phenoxy) is 1. The minimum absolute atomic E-state index is 0.0919. The molecule has 0 aliphatic carbocycles. The molecule has 6 nitrogen and oxygen atoms in total. The fourth-order valence-corrected chi connectivity index (χ4v) is 1.93. The maximum atomic E-state index is 12.7. The molecule has 1 atom stereocenters. The lowest BCUT2D eigenvalue weighted by Crippen LogP contribution is -2.30. The van der Waals surface area contributed by atoms with Crippen LogP contribution in [0, 0.1) is 6.92 Å². The predicted molar refractivity (Wildman–Crippen MR) is 81.2 cm³/mol. The van der Waals surface area contributed by atoms with Crippen molar-refractivity contribution < 1.29 is 32.0 Å². The fraction of sp³-hybridized carbons (Fsp3) is 0.267. The van der Waals surface area contributed by atoms with Gasteiger partial charge >= 0.3 is 12.1 Å². The highest BCUT2D eigenvalue weighted by Crippen LogP contribution is 2.33. The van der Waals surface area contributed by atoms with E-state index in [1.165, 1.54) is 13.0 Å². The Kier molecular flexibility index (Phi) is 5.36. The van der Waals surface area contributed by atoms with E-state index in [-0.39, 0.29) is 16.5 Å². The Balaban J connectivity index is 2.07. The SMILES string of the molecule is Cc1cc(C(=O)O[C@@H](C)C(=O)Nc2cc(C(F)(F)F)ccc2Cl)on1. The molecule has 0 radical (unpaired) electrons. The average molecular weight is 377 g/mol. The number of aromatic nitrogens is 1. The molecule has 0 spiro atoms. The van der Waals surface area contributed by atoms with Gasteiger partial charge in [0.2, 0.25) is 5.76 Å². The molecule has 0 aliphatic rings. The summed E-state index contributed by atoms with van der Waals surface area (Å²) in [5.41, 5.74) is -0.784. The van der Waals surface area contributed by atoms with Crippen LogP contribution in [0.3, 0.4) is 0 Å². The Labute approximate surface area is 144 Å². The number of rotatable bonds is 4. The number of halogens is 4. The zero-order valence-corrected chi connectivity index (χ0v) is 13.7. The maximum absolute atomic E-state index is 12.7. The van der Waals surface area contributed by atoms with Crippen LogP contribution in [-0.2, 0) is 15.7 Å². The normalized spacial score (nSPS) is 12.6. The molecule has 1 aromatic heterocycles. The van der Waals surface area contributed by atoms with Crippen molar-refractivity contribution in [3.8, 4) is 0 Å². The third kappa shape index (κ3) is 4.72. The highest BCUT2D eigenvalue weighted by atomic mass is 35.5. The first kappa shape index (κ1) is 18.8. The van der Waals surface area contributed by atoms with Crippen LogP contribution >= 0.6 is 11.6 Å². The number of hydrogen-bond acceptors (Lipinski definition) is 5. The summed E-state index contributed by atoms with van der Waals surface area (Å²) in [7, 11) is 0. The molecular formula is C15H12ClF3N2O4. The molecule has 10 heteroatoms. The van der Waals surface area contributed by atoms with E-state index in [0.29, 0.717) is 11.8 Å². The molecule has 0 saturated carbocycles. The van der Waals surface area contributed by atoms with Crippen molar-refractivity contribution in [2.24, 2.45) is 0 Å². The molecule has 25 heavy (non-hydrogen) atoms. The Hall–Kier alpha value is -2.55. The van der Waals surface area contributed by atoms with Crippen molar-refractivity contribution in [3.63, 3.8) is 0 Å². The van der Waals surface area contributed by atoms with Crippen LogP contribution < -0.4 is 5.32 Å². The molecule has 0 aliphatic heterocycles. The number of aryl methyl sites for hydroxylation is 1. The molecule has 1 aromatic carbocycles. The van der Waals surface area contributed by atoms with Gasteiger partial charge in [-0.3, -0.25) is 4.79 Å². The van der Waals surface area contributed by atoms with Crippen LogP contribution in [0.4, 0.5) is 18.9 Å². The standard InChI is InChI=1S/C15H12ClF3N2O4/c1-7-5-12(25-21-7)14(23)24-8(2)13(22)20-11-6-9(15(17,18)19)3-4-10(11)16/h3-6,8H,1-2H3,(H,20,22)/t8-/m0/s1. The average Bonchev–Trinajstić information content (AvgIpc) is 2.94. The zero-order chi connectivity index (χ0) is 18.8. The first-order valence-corrected chi connectivity index (χ1v) is 7.27. The number of carbonyl (C=O) groups excluding carboxylic acids is 2. The van der Waals surface area contributed by atoms with Crippen molar-refractivity contribution in [1.29, 1.82) is 0 Å². The molecular weight excluding hydrogens is 365 g/mol. The molecule has 134 valence electrons. The minimum atomic E-state index is -4.59. The van der Waals surface area contributed by atoms with E-state index in [4.69, 9.17) is 20.9 Å². The van der Waals surface area contributed by atoms with Crippen molar-refractivity contribution in [2.45, 2.75) is 26.1 Å². The van der Waals surface area contributed by atoms with E-state index >= 15 is 0 Å². The number of nitrogens with one attached hydrogen (secondary N) is 1. The van der Waals surface area contributed by atoms with Crippen LogP contribution in [0.25, 0.3) is 0 Å². The summed E-state index contributed by atoms with van der Waals surface area (Å²) >= 11 is 5.79. The number of benzene rings is 1. The van der Waals surface area contributed by atoms with Crippen molar-refractivity contribution in [3.05, 3.63) is 46.3 Å². The Bertz CT molecular complexity index is 804. The summed E-state index contributed by atoms with van der Waals surface area (Å²) in [4.78, 5) is 23.8. The number of esters is 1. The van der Waals surface area contributed by atoms with Gasteiger partial charge in [-0.05, 0) is 32.0 Å². The molecule has 0 unspecified atom stereocenters. The van der Waals surface area contributed by atoms with E-state index in [1.54, 1.807) is 6.92 Å². The monoisotopic (exact) mass is 376 g/mol. The fourth-order valence-electron chi connectivity index (χ4n) is 1.76. The Morgan fingerprint density at radius 3 is 2.56 bits per heavy atom.